The summed E-state index contributed by atoms with van der Waals surface area (Å²) in [5.41, 5.74) is 1.48. The maximum absolute atomic E-state index is 13.2. The third-order valence-electron chi connectivity index (χ3n) is 5.26. The van der Waals surface area contributed by atoms with Gasteiger partial charge in [0.2, 0.25) is 0 Å². The van der Waals surface area contributed by atoms with Gasteiger partial charge < -0.3 is 20.7 Å². The Morgan fingerprint density at radius 3 is 2.26 bits per heavy atom. The molecule has 4 rings (SSSR count). The Morgan fingerprint density at radius 1 is 0.800 bits per heavy atom. The molecule has 0 aliphatic carbocycles. The molecule has 1 aromatic heterocycles. The minimum atomic E-state index is -0.288. The number of hydrogen-bond donors (Lipinski definition) is 3. The Balaban J connectivity index is 1.36. The van der Waals surface area contributed by atoms with Gasteiger partial charge in [0.15, 0.2) is 0 Å². The smallest absolute Gasteiger partial charge is 0.261 e. The zero-order chi connectivity index (χ0) is 24.6. The van der Waals surface area contributed by atoms with Crippen LogP contribution in [0.25, 0.3) is 10.8 Å². The normalized spacial score (nSPS) is 10.5. The molecule has 0 atom stereocenters. The molecule has 35 heavy (non-hydrogen) atoms. The van der Waals surface area contributed by atoms with E-state index in [4.69, 9.17) is 4.74 Å². The van der Waals surface area contributed by atoms with Crippen LogP contribution in [0.15, 0.2) is 78.2 Å². The fourth-order valence-corrected chi connectivity index (χ4v) is 4.25. The molecule has 0 unspecified atom stereocenters. The predicted molar refractivity (Wildman–Crippen MR) is 138 cm³/mol. The third kappa shape index (κ3) is 5.85. The Morgan fingerprint density at radius 2 is 1.54 bits per heavy atom. The lowest BCUT2D eigenvalue weighted by Crippen LogP contribution is -2.34. The third-order valence-corrected chi connectivity index (χ3v) is 6.13. The van der Waals surface area contributed by atoms with Crippen molar-refractivity contribution in [1.82, 2.24) is 10.6 Å². The van der Waals surface area contributed by atoms with Gasteiger partial charge in [-0.2, -0.15) is 0 Å². The van der Waals surface area contributed by atoms with E-state index >= 15 is 0 Å². The van der Waals surface area contributed by atoms with Gasteiger partial charge >= 0.3 is 0 Å². The molecule has 0 spiro atoms. The Kier molecular flexibility index (Phi) is 7.74. The van der Waals surface area contributed by atoms with Gasteiger partial charge in [0, 0.05) is 24.3 Å². The van der Waals surface area contributed by atoms with E-state index < -0.39 is 0 Å². The van der Waals surface area contributed by atoms with E-state index in [-0.39, 0.29) is 17.7 Å². The van der Waals surface area contributed by atoms with Gasteiger partial charge in [-0.3, -0.25) is 14.4 Å². The van der Waals surface area contributed by atoms with Gasteiger partial charge in [0.1, 0.15) is 5.75 Å². The predicted octanol–water partition coefficient (Wildman–Crippen LogP) is 4.71. The van der Waals surface area contributed by atoms with Crippen LogP contribution in [-0.4, -0.2) is 37.4 Å². The number of thiophene rings is 1. The molecule has 178 valence electrons. The molecular weight excluding hydrogens is 462 g/mol. The van der Waals surface area contributed by atoms with Crippen molar-refractivity contribution in [2.75, 3.05) is 25.0 Å². The molecule has 3 aromatic carbocycles. The number of carbonyl (C=O) groups is 3. The van der Waals surface area contributed by atoms with Gasteiger partial charge in [-0.25, -0.2) is 0 Å². The van der Waals surface area contributed by atoms with Gasteiger partial charge in [0.25, 0.3) is 17.7 Å². The van der Waals surface area contributed by atoms with Crippen LogP contribution in [0.3, 0.4) is 0 Å². The number of amides is 3. The number of rotatable bonds is 9. The minimum absolute atomic E-state index is 0.159. The molecule has 7 nitrogen and oxygen atoms in total. The van der Waals surface area contributed by atoms with Crippen LogP contribution in [0.1, 0.15) is 37.3 Å². The average Bonchev–Trinajstić information content (AvgIpc) is 3.42. The standard InChI is InChI=1S/C27H25N3O4S/c1-2-34-22-14-11-18-6-3-4-7-21(18)24(22)27(33)30-20-12-9-19(10-13-20)25(31)28-15-16-29-26(32)23-8-5-17-35-23/h3-14,17H,2,15-16H2,1H3,(H,28,31)(H,29,32)(H,30,33). The topological polar surface area (TPSA) is 96.5 Å². The molecule has 0 saturated heterocycles. The molecule has 3 N–H and O–H groups in total. The summed E-state index contributed by atoms with van der Waals surface area (Å²) in [5, 5.41) is 12.0. The fourth-order valence-electron chi connectivity index (χ4n) is 3.61. The molecular formula is C27H25N3O4S. The van der Waals surface area contributed by atoms with E-state index in [9.17, 15) is 14.4 Å². The number of fused-ring (bicyclic) bond motifs is 1. The van der Waals surface area contributed by atoms with Crippen molar-refractivity contribution >= 4 is 45.5 Å². The van der Waals surface area contributed by atoms with E-state index in [1.54, 1.807) is 36.4 Å². The van der Waals surface area contributed by atoms with Crippen molar-refractivity contribution in [2.24, 2.45) is 0 Å². The lowest BCUT2D eigenvalue weighted by atomic mass is 10.0. The van der Waals surface area contributed by atoms with E-state index in [1.807, 2.05) is 48.7 Å². The summed E-state index contributed by atoms with van der Waals surface area (Å²) in [4.78, 5) is 38.1. The van der Waals surface area contributed by atoms with Crippen LogP contribution < -0.4 is 20.7 Å². The molecule has 0 bridgehead atoms. The first kappa shape index (κ1) is 24.0. The Hall–Kier alpha value is -4.17. The molecule has 0 radical (unpaired) electrons. The van der Waals surface area contributed by atoms with E-state index in [1.165, 1.54) is 11.3 Å². The number of anilines is 1. The number of nitrogens with one attached hydrogen (secondary N) is 3. The lowest BCUT2D eigenvalue weighted by Gasteiger charge is -2.14. The highest BCUT2D eigenvalue weighted by Gasteiger charge is 2.17. The Labute approximate surface area is 207 Å². The quantitative estimate of drug-likeness (QED) is 0.298. The molecule has 0 aliphatic heterocycles. The maximum Gasteiger partial charge on any atom is 0.261 e. The number of ether oxygens (including phenoxy) is 1. The summed E-state index contributed by atoms with van der Waals surface area (Å²) in [6, 6.07) is 21.6. The molecule has 0 saturated carbocycles. The van der Waals surface area contributed by atoms with Crippen LogP contribution in [0.4, 0.5) is 5.69 Å². The van der Waals surface area contributed by atoms with Crippen molar-refractivity contribution in [3.05, 3.63) is 94.2 Å². The Bertz CT molecular complexity index is 1330. The lowest BCUT2D eigenvalue weighted by molar-refractivity contribution is 0.0929. The van der Waals surface area contributed by atoms with E-state index in [0.717, 1.165) is 10.8 Å². The molecule has 4 aromatic rings. The molecule has 0 aliphatic rings. The fraction of sp³-hybridized carbons (Fsp3) is 0.148. The summed E-state index contributed by atoms with van der Waals surface area (Å²) < 4.78 is 5.70. The van der Waals surface area contributed by atoms with Crippen LogP contribution in [-0.2, 0) is 0 Å². The first-order valence-electron chi connectivity index (χ1n) is 11.2. The summed E-state index contributed by atoms with van der Waals surface area (Å²) in [6.45, 7) is 2.94. The van der Waals surface area contributed by atoms with Gasteiger partial charge in [-0.15, -0.1) is 11.3 Å². The van der Waals surface area contributed by atoms with Crippen LogP contribution in [0.2, 0.25) is 0 Å². The van der Waals surface area contributed by atoms with E-state index in [2.05, 4.69) is 16.0 Å². The van der Waals surface area contributed by atoms with Crippen LogP contribution in [0.5, 0.6) is 5.75 Å². The van der Waals surface area contributed by atoms with Gasteiger partial charge in [-0.05, 0) is 59.5 Å². The van der Waals surface area contributed by atoms with Crippen molar-refractivity contribution in [2.45, 2.75) is 6.92 Å². The highest BCUT2D eigenvalue weighted by atomic mass is 32.1. The van der Waals surface area contributed by atoms with Crippen LogP contribution >= 0.6 is 11.3 Å². The zero-order valence-corrected chi connectivity index (χ0v) is 20.0. The summed E-state index contributed by atoms with van der Waals surface area (Å²) >= 11 is 1.36. The van der Waals surface area contributed by atoms with Crippen LogP contribution in [0, 0.1) is 0 Å². The molecule has 8 heteroatoms. The van der Waals surface area contributed by atoms with Crippen molar-refractivity contribution in [1.29, 1.82) is 0 Å². The monoisotopic (exact) mass is 487 g/mol. The largest absolute Gasteiger partial charge is 0.493 e. The molecule has 1 heterocycles. The summed E-state index contributed by atoms with van der Waals surface area (Å²) in [6.07, 6.45) is 0. The first-order valence-corrected chi connectivity index (χ1v) is 12.1. The average molecular weight is 488 g/mol. The molecule has 0 fully saturated rings. The van der Waals surface area contributed by atoms with Crippen molar-refractivity contribution < 1.29 is 19.1 Å². The minimum Gasteiger partial charge on any atom is -0.493 e. The zero-order valence-electron chi connectivity index (χ0n) is 19.2. The van der Waals surface area contributed by atoms with Crippen molar-refractivity contribution in [3.63, 3.8) is 0 Å². The van der Waals surface area contributed by atoms with Gasteiger partial charge in [-0.1, -0.05) is 36.4 Å². The van der Waals surface area contributed by atoms with Gasteiger partial charge in [0.05, 0.1) is 17.0 Å². The second-order valence-electron chi connectivity index (χ2n) is 7.61. The first-order chi connectivity index (χ1) is 17.1. The SMILES string of the molecule is CCOc1ccc2ccccc2c1C(=O)Nc1ccc(C(=O)NCCNC(=O)c2cccs2)cc1. The number of benzene rings is 3. The van der Waals surface area contributed by atoms with E-state index in [0.29, 0.717) is 47.1 Å². The van der Waals surface area contributed by atoms with Crippen molar-refractivity contribution in [3.8, 4) is 5.75 Å². The summed E-state index contributed by atoms with van der Waals surface area (Å²) in [5.74, 6) is -0.191. The number of carbonyl (C=O) groups excluding carboxylic acids is 3. The second-order valence-corrected chi connectivity index (χ2v) is 8.56. The maximum atomic E-state index is 13.2. The number of hydrogen-bond acceptors (Lipinski definition) is 5. The highest BCUT2D eigenvalue weighted by molar-refractivity contribution is 7.12. The second kappa shape index (κ2) is 11.3. The summed E-state index contributed by atoms with van der Waals surface area (Å²) in [7, 11) is 0. The highest BCUT2D eigenvalue weighted by Crippen LogP contribution is 2.29. The molecule has 3 amide bonds.